The van der Waals surface area contributed by atoms with E-state index in [9.17, 15) is 9.90 Å². The third kappa shape index (κ3) is 3.51. The molecule has 1 aromatic rings. The van der Waals surface area contributed by atoms with E-state index in [-0.39, 0.29) is 0 Å². The van der Waals surface area contributed by atoms with Gasteiger partial charge in [0.25, 0.3) is 0 Å². The lowest BCUT2D eigenvalue weighted by Crippen LogP contribution is -2.43. The fourth-order valence-corrected chi connectivity index (χ4v) is 4.60. The smallest absolute Gasteiger partial charge is 0.419 e. The van der Waals surface area contributed by atoms with Crippen LogP contribution in [0.2, 0.25) is 0 Å². The Bertz CT molecular complexity index is 674. The van der Waals surface area contributed by atoms with Crippen molar-refractivity contribution < 1.29 is 14.5 Å². The number of aliphatic carboxylic acids is 1. The molecule has 0 aromatic heterocycles. The van der Waals surface area contributed by atoms with Crippen molar-refractivity contribution in [1.29, 1.82) is 0 Å². The molecule has 0 unspecified atom stereocenters. The summed E-state index contributed by atoms with van der Waals surface area (Å²) in [6, 6.07) is 6.82. The van der Waals surface area contributed by atoms with Gasteiger partial charge in [0.05, 0.1) is 6.04 Å². The van der Waals surface area contributed by atoms with Crippen molar-refractivity contribution in [1.82, 2.24) is 4.90 Å². The first-order valence-corrected chi connectivity index (χ1v) is 10.2. The molecule has 26 heavy (non-hydrogen) atoms. The fraction of sp³-hybridized carbons (Fsp3) is 0.636. The molecule has 1 N–H and O–H groups in total. The maximum Gasteiger partial charge on any atom is 0.419 e. The van der Waals surface area contributed by atoms with Crippen molar-refractivity contribution in [2.75, 3.05) is 13.1 Å². The Morgan fingerprint density at radius 3 is 2.15 bits per heavy atom. The maximum absolute atomic E-state index is 12.3. The van der Waals surface area contributed by atoms with Crippen LogP contribution in [0.1, 0.15) is 82.8 Å². The molecule has 1 heterocycles. The number of carboxylic acids is 1. The van der Waals surface area contributed by atoms with Crippen LogP contribution < -0.4 is 0 Å². The monoisotopic (exact) mass is 357 g/mol. The SMILES string of the molecule is CC(C)c1cccc(C(C)C)c1[N+]1=C(C(=O)O)N(C2CCCCC2)CC1. The van der Waals surface area contributed by atoms with E-state index in [1.807, 2.05) is 0 Å². The highest BCUT2D eigenvalue weighted by molar-refractivity contribution is 6.32. The Labute approximate surface area is 157 Å². The molecule has 1 aliphatic heterocycles. The van der Waals surface area contributed by atoms with E-state index < -0.39 is 5.97 Å². The molecular formula is C22H33N2O2+. The molecule has 0 saturated heterocycles. The zero-order chi connectivity index (χ0) is 18.8. The number of amidine groups is 1. The standard InChI is InChI=1S/C22H32N2O2/c1-15(2)18-11-8-12-19(16(3)4)20(18)24-14-13-23(21(24)22(25)26)17-9-6-5-7-10-17/h8,11-12,15-17H,5-7,9-10,13-14H2,1-4H3/p+1. The molecule has 1 fully saturated rings. The number of benzene rings is 1. The van der Waals surface area contributed by atoms with Gasteiger partial charge in [0, 0.05) is 11.1 Å². The Morgan fingerprint density at radius 1 is 1.08 bits per heavy atom. The van der Waals surface area contributed by atoms with Gasteiger partial charge in [-0.25, -0.2) is 14.3 Å². The van der Waals surface area contributed by atoms with Crippen molar-refractivity contribution in [3.63, 3.8) is 0 Å². The van der Waals surface area contributed by atoms with Crippen molar-refractivity contribution >= 4 is 17.5 Å². The summed E-state index contributed by atoms with van der Waals surface area (Å²) in [6.45, 7) is 10.4. The number of hydrogen-bond acceptors (Lipinski definition) is 2. The number of carboxylic acid groups (broad SMARTS) is 1. The van der Waals surface area contributed by atoms with Crippen LogP contribution in [-0.4, -0.2) is 45.5 Å². The molecular weight excluding hydrogens is 324 g/mol. The second-order valence-electron chi connectivity index (χ2n) is 8.36. The van der Waals surface area contributed by atoms with Crippen molar-refractivity contribution in [2.45, 2.75) is 77.7 Å². The molecule has 0 atom stereocenters. The van der Waals surface area contributed by atoms with Crippen molar-refractivity contribution in [3.8, 4) is 0 Å². The quantitative estimate of drug-likeness (QED) is 0.776. The summed E-state index contributed by atoms with van der Waals surface area (Å²) in [4.78, 5) is 14.5. The zero-order valence-corrected chi connectivity index (χ0v) is 16.7. The zero-order valence-electron chi connectivity index (χ0n) is 16.7. The molecule has 0 spiro atoms. The molecule has 2 aliphatic rings. The van der Waals surface area contributed by atoms with Gasteiger partial charge in [-0.1, -0.05) is 52.3 Å². The lowest BCUT2D eigenvalue weighted by molar-refractivity contribution is -0.430. The van der Waals surface area contributed by atoms with Crippen molar-refractivity contribution in [2.24, 2.45) is 0 Å². The first kappa shape index (κ1) is 18.9. The number of hydrogen-bond donors (Lipinski definition) is 1. The van der Waals surface area contributed by atoms with Gasteiger partial charge in [-0.2, -0.15) is 0 Å². The summed E-state index contributed by atoms with van der Waals surface area (Å²) in [7, 11) is 0. The Balaban J connectivity index is 2.14. The van der Waals surface area contributed by atoms with Crippen LogP contribution in [0.4, 0.5) is 5.69 Å². The van der Waals surface area contributed by atoms with Gasteiger partial charge in [-0.05, 0) is 37.5 Å². The number of para-hydroxylation sites is 1. The molecule has 0 bridgehead atoms. The second-order valence-corrected chi connectivity index (χ2v) is 8.36. The molecule has 0 radical (unpaired) electrons. The summed E-state index contributed by atoms with van der Waals surface area (Å²) >= 11 is 0. The third-order valence-electron chi connectivity index (χ3n) is 5.91. The average molecular weight is 358 g/mol. The van der Waals surface area contributed by atoms with Crippen LogP contribution in [0.15, 0.2) is 18.2 Å². The molecule has 1 saturated carbocycles. The molecule has 4 nitrogen and oxygen atoms in total. The van der Waals surface area contributed by atoms with Gasteiger partial charge in [0.2, 0.25) is 0 Å². The average Bonchev–Trinajstić information content (AvgIpc) is 3.06. The van der Waals surface area contributed by atoms with E-state index in [1.165, 1.54) is 30.4 Å². The van der Waals surface area contributed by atoms with E-state index in [1.54, 1.807) is 0 Å². The molecule has 1 aromatic carbocycles. The van der Waals surface area contributed by atoms with Gasteiger partial charge < -0.3 is 5.11 Å². The van der Waals surface area contributed by atoms with Crippen LogP contribution in [0.5, 0.6) is 0 Å². The normalized spacial score (nSPS) is 19.1. The minimum Gasteiger partial charge on any atom is -0.472 e. The maximum atomic E-state index is 12.3. The summed E-state index contributed by atoms with van der Waals surface area (Å²) in [5.74, 6) is 0.429. The lowest BCUT2D eigenvalue weighted by atomic mass is 9.92. The number of carbonyl (C=O) groups is 1. The predicted octanol–water partition coefficient (Wildman–Crippen LogP) is 4.71. The fourth-order valence-electron chi connectivity index (χ4n) is 4.60. The lowest BCUT2D eigenvalue weighted by Gasteiger charge is -2.26. The summed E-state index contributed by atoms with van der Waals surface area (Å²) in [5.41, 5.74) is 3.63. The molecule has 0 amide bonds. The Morgan fingerprint density at radius 2 is 1.65 bits per heavy atom. The minimum absolute atomic E-state index is 0.363. The van der Waals surface area contributed by atoms with Crippen LogP contribution in [-0.2, 0) is 4.79 Å². The van der Waals surface area contributed by atoms with Gasteiger partial charge >= 0.3 is 11.8 Å². The number of rotatable bonds is 5. The van der Waals surface area contributed by atoms with E-state index in [4.69, 9.17) is 0 Å². The first-order valence-electron chi connectivity index (χ1n) is 10.2. The van der Waals surface area contributed by atoms with Crippen LogP contribution >= 0.6 is 0 Å². The van der Waals surface area contributed by atoms with E-state index in [0.29, 0.717) is 23.7 Å². The topological polar surface area (TPSA) is 43.6 Å². The Hall–Kier alpha value is -1.84. The highest BCUT2D eigenvalue weighted by atomic mass is 16.4. The van der Waals surface area contributed by atoms with Crippen LogP contribution in [0, 0.1) is 0 Å². The summed E-state index contributed by atoms with van der Waals surface area (Å²) < 4.78 is 2.10. The minimum atomic E-state index is -0.790. The highest BCUT2D eigenvalue weighted by Gasteiger charge is 2.43. The van der Waals surface area contributed by atoms with Gasteiger partial charge in [0.15, 0.2) is 0 Å². The van der Waals surface area contributed by atoms with E-state index in [0.717, 1.165) is 31.6 Å². The molecule has 142 valence electrons. The van der Waals surface area contributed by atoms with Gasteiger partial charge in [-0.3, -0.25) is 0 Å². The van der Waals surface area contributed by atoms with Crippen molar-refractivity contribution in [3.05, 3.63) is 29.3 Å². The molecule has 3 rings (SSSR count). The van der Waals surface area contributed by atoms with Crippen LogP contribution in [0.3, 0.4) is 0 Å². The van der Waals surface area contributed by atoms with Gasteiger partial charge in [0.1, 0.15) is 18.8 Å². The molecule has 1 aliphatic carbocycles. The van der Waals surface area contributed by atoms with Crippen LogP contribution in [0.25, 0.3) is 0 Å². The highest BCUT2D eigenvalue weighted by Crippen LogP contribution is 2.36. The number of nitrogens with zero attached hydrogens (tertiary/aromatic N) is 2. The summed E-state index contributed by atoms with van der Waals surface area (Å²) in [5, 5.41) is 10.1. The van der Waals surface area contributed by atoms with E-state index >= 15 is 0 Å². The predicted molar refractivity (Wildman–Crippen MR) is 106 cm³/mol. The van der Waals surface area contributed by atoms with E-state index in [2.05, 4.69) is 55.4 Å². The molecule has 4 heteroatoms. The van der Waals surface area contributed by atoms with Gasteiger partial charge in [-0.15, -0.1) is 0 Å². The summed E-state index contributed by atoms with van der Waals surface area (Å²) in [6.07, 6.45) is 5.95. The first-order chi connectivity index (χ1) is 12.4. The Kier molecular flexibility index (Phi) is 5.69. The largest absolute Gasteiger partial charge is 0.472 e. The second kappa shape index (κ2) is 7.81. The third-order valence-corrected chi connectivity index (χ3v) is 5.91.